The van der Waals surface area contributed by atoms with Crippen molar-refractivity contribution in [2.75, 3.05) is 0 Å². The molecule has 3 atom stereocenters. The molecule has 138 valence electrons. The van der Waals surface area contributed by atoms with E-state index in [0.717, 1.165) is 11.3 Å². The zero-order valence-electron chi connectivity index (χ0n) is 12.9. The summed E-state index contributed by atoms with van der Waals surface area (Å²) in [5.41, 5.74) is -3.27. The Balaban J connectivity index is 2.14. The molecule has 0 radical (unpaired) electrons. The van der Waals surface area contributed by atoms with Crippen molar-refractivity contribution in [1.82, 2.24) is 10.6 Å². The van der Waals surface area contributed by atoms with Crippen molar-refractivity contribution in [3.8, 4) is 5.75 Å². The first kappa shape index (κ1) is 18.6. The van der Waals surface area contributed by atoms with E-state index in [1.54, 1.807) is 5.38 Å². The second-order valence-electron chi connectivity index (χ2n) is 5.75. The second-order valence-corrected chi connectivity index (χ2v) is 7.11. The molecule has 0 saturated carbocycles. The quantitative estimate of drug-likeness (QED) is 0.467. The van der Waals surface area contributed by atoms with Gasteiger partial charge in [-0.05, 0) is 41.4 Å². The van der Waals surface area contributed by atoms with Crippen molar-refractivity contribution in [3.05, 3.63) is 52.2 Å². The Kier molecular flexibility index (Phi) is 4.67. The van der Waals surface area contributed by atoms with Crippen molar-refractivity contribution >= 4 is 34.5 Å². The number of aliphatic hydroxyl groups is 1. The van der Waals surface area contributed by atoms with Crippen LogP contribution in [0.25, 0.3) is 0 Å². The molecule has 10 heteroatoms. The van der Waals surface area contributed by atoms with E-state index >= 15 is 0 Å². The van der Waals surface area contributed by atoms with Gasteiger partial charge in [0.15, 0.2) is 10.9 Å². The number of carbonyl (C=O) groups is 1. The highest BCUT2D eigenvalue weighted by Gasteiger charge is 2.65. The van der Waals surface area contributed by atoms with E-state index in [1.807, 2.05) is 5.32 Å². The summed E-state index contributed by atoms with van der Waals surface area (Å²) in [6.07, 6.45) is -5.16. The number of alkyl halides is 3. The van der Waals surface area contributed by atoms with Crippen molar-refractivity contribution in [3.63, 3.8) is 0 Å². The lowest BCUT2D eigenvalue weighted by atomic mass is 9.79. The van der Waals surface area contributed by atoms with Crippen LogP contribution in [-0.2, 0) is 0 Å². The molecule has 4 N–H and O–H groups in total. The fourth-order valence-corrected chi connectivity index (χ4v) is 3.86. The van der Waals surface area contributed by atoms with Gasteiger partial charge in [-0.3, -0.25) is 4.79 Å². The normalized spacial score (nSPS) is 26.1. The van der Waals surface area contributed by atoms with Crippen LogP contribution in [0.1, 0.15) is 21.3 Å². The number of ketones is 1. The van der Waals surface area contributed by atoms with Crippen molar-refractivity contribution < 1.29 is 28.2 Å². The standard InChI is InChI=1S/C16H13F3N2O3S2/c17-16(18,19)15(24)11(13(23)10-2-1-7-26-10)12(20-14(25)21-15)8-3-5-9(22)6-4-8/h1-7,11-12,22,24H,(H2,20,21,25)/t11-,12-,15+/m1/s1. The van der Waals surface area contributed by atoms with E-state index in [0.29, 0.717) is 0 Å². The number of phenols is 1. The van der Waals surface area contributed by atoms with Gasteiger partial charge in [-0.25, -0.2) is 0 Å². The van der Waals surface area contributed by atoms with Gasteiger partial charge in [0.25, 0.3) is 0 Å². The number of Topliss-reactive ketones (excluding diaryl/α,β-unsaturated/α-hetero) is 1. The first-order valence-corrected chi connectivity index (χ1v) is 8.66. The molecular formula is C16H13F3N2O3S2. The first-order chi connectivity index (χ1) is 12.1. The molecule has 26 heavy (non-hydrogen) atoms. The number of phenolic OH excluding ortho intramolecular Hbond substituents is 1. The van der Waals surface area contributed by atoms with Gasteiger partial charge in [0.1, 0.15) is 11.7 Å². The number of nitrogens with one attached hydrogen (secondary N) is 2. The molecule has 0 aliphatic carbocycles. The predicted octanol–water partition coefficient (Wildman–Crippen LogP) is 2.72. The highest BCUT2D eigenvalue weighted by Crippen LogP contribution is 2.44. The zero-order valence-corrected chi connectivity index (χ0v) is 14.6. The number of thiocarbonyl (C=S) groups is 1. The number of hydrogen-bond donors (Lipinski definition) is 4. The first-order valence-electron chi connectivity index (χ1n) is 7.38. The predicted molar refractivity (Wildman–Crippen MR) is 92.9 cm³/mol. The molecule has 1 saturated heterocycles. The van der Waals surface area contributed by atoms with Crippen LogP contribution in [0, 0.1) is 5.92 Å². The highest BCUT2D eigenvalue weighted by atomic mass is 32.1. The maximum Gasteiger partial charge on any atom is 0.437 e. The molecule has 2 aromatic rings. The molecule has 0 bridgehead atoms. The monoisotopic (exact) mass is 402 g/mol. The summed E-state index contributed by atoms with van der Waals surface area (Å²) in [7, 11) is 0. The van der Waals surface area contributed by atoms with E-state index in [4.69, 9.17) is 12.2 Å². The lowest BCUT2D eigenvalue weighted by molar-refractivity contribution is -0.285. The molecule has 1 fully saturated rings. The van der Waals surface area contributed by atoms with Crippen LogP contribution >= 0.6 is 23.6 Å². The molecule has 0 amide bonds. The Morgan fingerprint density at radius 3 is 2.42 bits per heavy atom. The van der Waals surface area contributed by atoms with Crippen molar-refractivity contribution in [2.24, 2.45) is 5.92 Å². The maximum atomic E-state index is 13.7. The lowest BCUT2D eigenvalue weighted by Crippen LogP contribution is -2.72. The van der Waals surface area contributed by atoms with Gasteiger partial charge in [0.2, 0.25) is 5.72 Å². The van der Waals surface area contributed by atoms with E-state index in [1.165, 1.54) is 36.4 Å². The Morgan fingerprint density at radius 2 is 1.88 bits per heavy atom. The third kappa shape index (κ3) is 3.15. The number of benzene rings is 1. The molecule has 0 unspecified atom stereocenters. The number of rotatable bonds is 3. The van der Waals surface area contributed by atoms with Crippen LogP contribution in [0.15, 0.2) is 41.8 Å². The number of carbonyl (C=O) groups excluding carboxylic acids is 1. The fourth-order valence-electron chi connectivity index (χ4n) is 2.87. The summed E-state index contributed by atoms with van der Waals surface area (Å²) in [5.74, 6) is -2.89. The Bertz CT molecular complexity index is 824. The molecule has 1 aliphatic rings. The third-order valence-corrected chi connectivity index (χ3v) is 5.21. The smallest absolute Gasteiger partial charge is 0.437 e. The molecule has 0 spiro atoms. The Morgan fingerprint density at radius 1 is 1.23 bits per heavy atom. The average Bonchev–Trinajstić information content (AvgIpc) is 3.08. The van der Waals surface area contributed by atoms with Crippen LogP contribution in [-0.4, -0.2) is 33.0 Å². The van der Waals surface area contributed by atoms with Gasteiger partial charge < -0.3 is 20.8 Å². The molecule has 1 aliphatic heterocycles. The van der Waals surface area contributed by atoms with E-state index in [9.17, 15) is 28.2 Å². The van der Waals surface area contributed by atoms with E-state index in [-0.39, 0.29) is 16.2 Å². The summed E-state index contributed by atoms with van der Waals surface area (Å²) in [5, 5.41) is 25.5. The third-order valence-electron chi connectivity index (χ3n) is 4.10. The SMILES string of the molecule is O=C(c1cccs1)[C@H]1[C@@H](c2ccc(O)cc2)NC(=S)N[C@@]1(O)C(F)(F)F. The van der Waals surface area contributed by atoms with Gasteiger partial charge in [-0.2, -0.15) is 13.2 Å². The molecule has 3 rings (SSSR count). The minimum absolute atomic E-state index is 0.0814. The van der Waals surface area contributed by atoms with Crippen molar-refractivity contribution in [1.29, 1.82) is 0 Å². The Labute approximate surface area is 155 Å². The van der Waals surface area contributed by atoms with E-state index in [2.05, 4.69) is 5.32 Å². The van der Waals surface area contributed by atoms with Crippen LogP contribution in [0.5, 0.6) is 5.75 Å². The van der Waals surface area contributed by atoms with Crippen LogP contribution in [0.3, 0.4) is 0 Å². The largest absolute Gasteiger partial charge is 0.508 e. The molecule has 1 aromatic carbocycles. The average molecular weight is 402 g/mol. The van der Waals surface area contributed by atoms with Crippen LogP contribution in [0.2, 0.25) is 0 Å². The lowest BCUT2D eigenvalue weighted by Gasteiger charge is -2.46. The van der Waals surface area contributed by atoms with Crippen LogP contribution in [0.4, 0.5) is 13.2 Å². The topological polar surface area (TPSA) is 81.6 Å². The summed E-state index contributed by atoms with van der Waals surface area (Å²) >= 11 is 5.81. The molecule has 2 heterocycles. The van der Waals surface area contributed by atoms with Gasteiger partial charge in [0, 0.05) is 0 Å². The fraction of sp³-hybridized carbons (Fsp3) is 0.250. The van der Waals surface area contributed by atoms with Gasteiger partial charge >= 0.3 is 6.18 Å². The minimum atomic E-state index is -5.16. The van der Waals surface area contributed by atoms with E-state index < -0.39 is 34.8 Å². The number of halogens is 3. The zero-order chi connectivity index (χ0) is 19.1. The highest BCUT2D eigenvalue weighted by molar-refractivity contribution is 7.80. The number of hydrogen-bond acceptors (Lipinski definition) is 5. The van der Waals surface area contributed by atoms with Gasteiger partial charge in [0.05, 0.1) is 10.9 Å². The Hall–Kier alpha value is -2.17. The summed E-state index contributed by atoms with van der Waals surface area (Å²) < 4.78 is 41.1. The molecule has 5 nitrogen and oxygen atoms in total. The minimum Gasteiger partial charge on any atom is -0.508 e. The second kappa shape index (κ2) is 6.53. The van der Waals surface area contributed by atoms with Crippen LogP contribution < -0.4 is 10.6 Å². The molecular weight excluding hydrogens is 389 g/mol. The van der Waals surface area contributed by atoms with Gasteiger partial charge in [-0.15, -0.1) is 11.3 Å². The number of aromatic hydroxyl groups is 1. The summed E-state index contributed by atoms with van der Waals surface area (Å²) in [6.45, 7) is 0. The summed E-state index contributed by atoms with van der Waals surface area (Å²) in [6, 6.07) is 6.98. The number of thiophene rings is 1. The van der Waals surface area contributed by atoms with Gasteiger partial charge in [-0.1, -0.05) is 18.2 Å². The van der Waals surface area contributed by atoms with Crippen molar-refractivity contribution in [2.45, 2.75) is 17.9 Å². The maximum absolute atomic E-state index is 13.7. The summed E-state index contributed by atoms with van der Waals surface area (Å²) in [4.78, 5) is 12.9. The molecule has 1 aromatic heterocycles.